The summed E-state index contributed by atoms with van der Waals surface area (Å²) in [5.74, 6) is -0.192. The van der Waals surface area contributed by atoms with E-state index in [2.05, 4.69) is 35.4 Å². The van der Waals surface area contributed by atoms with E-state index in [1.807, 2.05) is 6.92 Å². The van der Waals surface area contributed by atoms with Crippen LogP contribution in [0.5, 0.6) is 0 Å². The molecule has 1 aliphatic rings. The Morgan fingerprint density at radius 2 is 2.05 bits per heavy atom. The normalized spacial score (nSPS) is 17.1. The molecule has 0 bridgehead atoms. The molecule has 1 fully saturated rings. The van der Waals surface area contributed by atoms with Crippen molar-refractivity contribution in [2.45, 2.75) is 46.0 Å². The van der Waals surface area contributed by atoms with Crippen LogP contribution in [0, 0.1) is 30.6 Å². The molecular weight excluding hydrogens is 294 g/mol. The fourth-order valence-electron chi connectivity index (χ4n) is 3.19. The number of aryl methyl sites for hydroxylation is 2. The van der Waals surface area contributed by atoms with E-state index in [-0.39, 0.29) is 5.91 Å². The van der Waals surface area contributed by atoms with E-state index in [1.54, 1.807) is 0 Å². The van der Waals surface area contributed by atoms with E-state index in [0.29, 0.717) is 18.0 Å². The number of amides is 1. The Morgan fingerprint density at radius 1 is 1.32 bits per heavy atom. The number of fused-ring (bicyclic) bond motifs is 1. The van der Waals surface area contributed by atoms with Crippen LogP contribution in [0.1, 0.15) is 43.2 Å². The maximum Gasteiger partial charge on any atom is 0.246 e. The third-order valence-corrected chi connectivity index (χ3v) is 5.32. The number of carbonyl (C=O) groups is 1. The topological polar surface area (TPSA) is 65.8 Å². The summed E-state index contributed by atoms with van der Waals surface area (Å²) in [6.45, 7) is 4.08. The third-order valence-electron chi connectivity index (χ3n) is 4.41. The van der Waals surface area contributed by atoms with Crippen molar-refractivity contribution >= 4 is 32.6 Å². The van der Waals surface area contributed by atoms with Crippen LogP contribution < -0.4 is 5.32 Å². The highest BCUT2D eigenvalue weighted by atomic mass is 32.1. The molecule has 114 valence electrons. The Hall–Kier alpha value is -1.93. The van der Waals surface area contributed by atoms with E-state index in [4.69, 9.17) is 0 Å². The molecule has 1 amide bonds. The molecule has 0 atom stereocenters. The molecule has 0 spiro atoms. The van der Waals surface area contributed by atoms with Crippen LogP contribution in [0.25, 0.3) is 10.2 Å². The maximum atomic E-state index is 12.6. The van der Waals surface area contributed by atoms with E-state index < -0.39 is 5.41 Å². The quantitative estimate of drug-likeness (QED) is 0.897. The monoisotopic (exact) mass is 313 g/mol. The zero-order valence-electron chi connectivity index (χ0n) is 12.9. The molecule has 5 heteroatoms. The summed E-state index contributed by atoms with van der Waals surface area (Å²) in [6.07, 6.45) is 4.30. The maximum absolute atomic E-state index is 12.6. The minimum atomic E-state index is -0.874. The highest BCUT2D eigenvalue weighted by Crippen LogP contribution is 2.37. The predicted octanol–water partition coefficient (Wildman–Crippen LogP) is 4.33. The molecule has 0 radical (unpaired) electrons. The number of nitrogens with zero attached hydrogens (tertiary/aromatic N) is 2. The van der Waals surface area contributed by atoms with Crippen molar-refractivity contribution in [1.29, 1.82) is 5.26 Å². The summed E-state index contributed by atoms with van der Waals surface area (Å²) in [5.41, 5.74) is 2.36. The van der Waals surface area contributed by atoms with Crippen LogP contribution in [-0.4, -0.2) is 10.9 Å². The molecule has 2 aromatic rings. The summed E-state index contributed by atoms with van der Waals surface area (Å²) < 4.78 is 1.07. The molecule has 1 N–H and O–H groups in total. The van der Waals surface area contributed by atoms with Crippen LogP contribution in [-0.2, 0) is 4.79 Å². The fourth-order valence-corrected chi connectivity index (χ4v) is 4.22. The van der Waals surface area contributed by atoms with E-state index >= 15 is 0 Å². The minimum absolute atomic E-state index is 0.192. The lowest BCUT2D eigenvalue weighted by molar-refractivity contribution is -0.124. The Bertz CT molecular complexity index is 766. The summed E-state index contributed by atoms with van der Waals surface area (Å²) in [4.78, 5) is 17.1. The molecule has 1 aromatic carbocycles. The van der Waals surface area contributed by atoms with Crippen molar-refractivity contribution in [2.75, 3.05) is 5.32 Å². The molecule has 0 saturated heterocycles. The Morgan fingerprint density at radius 3 is 2.73 bits per heavy atom. The largest absolute Gasteiger partial charge is 0.301 e. The van der Waals surface area contributed by atoms with Crippen LogP contribution in [0.4, 0.5) is 5.13 Å². The van der Waals surface area contributed by atoms with Crippen LogP contribution in [0.2, 0.25) is 0 Å². The van der Waals surface area contributed by atoms with E-state index in [9.17, 15) is 10.1 Å². The van der Waals surface area contributed by atoms with Gasteiger partial charge in [0.1, 0.15) is 5.41 Å². The van der Waals surface area contributed by atoms with Gasteiger partial charge in [-0.1, -0.05) is 36.7 Å². The van der Waals surface area contributed by atoms with Crippen LogP contribution in [0.15, 0.2) is 12.1 Å². The molecule has 1 saturated carbocycles. The standard InChI is InChI=1S/C17H19N3OS/c1-11-8-12(2)14-13(9-11)22-16(19-14)20-15(21)17(10-18)6-4-3-5-7-17/h8-9H,3-7H2,1-2H3,(H,19,20,21). The fraction of sp³-hybridized carbons (Fsp3) is 0.471. The molecule has 1 heterocycles. The number of anilines is 1. The molecule has 22 heavy (non-hydrogen) atoms. The van der Waals surface area contributed by atoms with Gasteiger partial charge in [-0.15, -0.1) is 0 Å². The molecule has 0 unspecified atom stereocenters. The van der Waals surface area contributed by atoms with Crippen molar-refractivity contribution in [3.8, 4) is 6.07 Å². The molecular formula is C17H19N3OS. The van der Waals surface area contributed by atoms with Gasteiger partial charge in [0.15, 0.2) is 5.13 Å². The van der Waals surface area contributed by atoms with Crippen molar-refractivity contribution < 1.29 is 4.79 Å². The second-order valence-corrected chi connectivity index (χ2v) is 7.19. The van der Waals surface area contributed by atoms with E-state index in [1.165, 1.54) is 16.9 Å². The minimum Gasteiger partial charge on any atom is -0.301 e. The van der Waals surface area contributed by atoms with Crippen LogP contribution >= 0.6 is 11.3 Å². The lowest BCUT2D eigenvalue weighted by atomic mass is 9.74. The average Bonchev–Trinajstić information content (AvgIpc) is 2.90. The molecule has 1 aliphatic carbocycles. The Kier molecular flexibility index (Phi) is 3.88. The highest BCUT2D eigenvalue weighted by molar-refractivity contribution is 7.22. The SMILES string of the molecule is Cc1cc(C)c2nc(NC(=O)C3(C#N)CCCCC3)sc2c1. The van der Waals surface area contributed by atoms with Gasteiger partial charge in [0.25, 0.3) is 0 Å². The lowest BCUT2D eigenvalue weighted by Gasteiger charge is -2.28. The number of benzene rings is 1. The van der Waals surface area contributed by atoms with Crippen molar-refractivity contribution in [1.82, 2.24) is 4.98 Å². The summed E-state index contributed by atoms with van der Waals surface area (Å²) in [6, 6.07) is 6.43. The first-order valence-corrected chi connectivity index (χ1v) is 8.46. The Labute approximate surface area is 134 Å². The first kappa shape index (κ1) is 15.0. The second kappa shape index (κ2) is 5.69. The summed E-state index contributed by atoms with van der Waals surface area (Å²) in [7, 11) is 0. The number of hydrogen-bond acceptors (Lipinski definition) is 4. The lowest BCUT2D eigenvalue weighted by Crippen LogP contribution is -2.36. The van der Waals surface area contributed by atoms with Crippen molar-refractivity contribution in [3.05, 3.63) is 23.3 Å². The van der Waals surface area contributed by atoms with Crippen molar-refractivity contribution in [3.63, 3.8) is 0 Å². The number of rotatable bonds is 2. The first-order valence-electron chi connectivity index (χ1n) is 7.65. The zero-order chi connectivity index (χ0) is 15.7. The van der Waals surface area contributed by atoms with Gasteiger partial charge in [-0.2, -0.15) is 5.26 Å². The van der Waals surface area contributed by atoms with Gasteiger partial charge in [-0.25, -0.2) is 4.98 Å². The number of aromatic nitrogens is 1. The van der Waals surface area contributed by atoms with E-state index in [0.717, 1.165) is 35.0 Å². The second-order valence-electron chi connectivity index (χ2n) is 6.16. The molecule has 0 aliphatic heterocycles. The first-order chi connectivity index (χ1) is 10.5. The molecule has 1 aromatic heterocycles. The van der Waals surface area contributed by atoms with Gasteiger partial charge in [0.2, 0.25) is 5.91 Å². The average molecular weight is 313 g/mol. The molecule has 3 rings (SSSR count). The van der Waals surface area contributed by atoms with Crippen molar-refractivity contribution in [2.24, 2.45) is 5.41 Å². The van der Waals surface area contributed by atoms with Gasteiger partial charge < -0.3 is 5.32 Å². The summed E-state index contributed by atoms with van der Waals surface area (Å²) in [5, 5.41) is 13.0. The number of carbonyl (C=O) groups excluding carboxylic acids is 1. The smallest absolute Gasteiger partial charge is 0.246 e. The summed E-state index contributed by atoms with van der Waals surface area (Å²) >= 11 is 1.47. The van der Waals surface area contributed by atoms with Gasteiger partial charge in [-0.3, -0.25) is 4.79 Å². The van der Waals surface area contributed by atoms with Gasteiger partial charge in [-0.05, 0) is 43.9 Å². The van der Waals surface area contributed by atoms with Gasteiger partial charge in [0.05, 0.1) is 16.3 Å². The van der Waals surface area contributed by atoms with Crippen LogP contribution in [0.3, 0.4) is 0 Å². The number of thiazole rings is 1. The number of hydrogen-bond donors (Lipinski definition) is 1. The Balaban J connectivity index is 1.88. The zero-order valence-corrected chi connectivity index (χ0v) is 13.7. The number of nitrogens with one attached hydrogen (secondary N) is 1. The number of nitriles is 1. The highest BCUT2D eigenvalue weighted by Gasteiger charge is 2.40. The predicted molar refractivity (Wildman–Crippen MR) is 88.9 cm³/mol. The third kappa shape index (κ3) is 2.59. The van der Waals surface area contributed by atoms with Gasteiger partial charge in [0, 0.05) is 0 Å². The molecule has 4 nitrogen and oxygen atoms in total. The van der Waals surface area contributed by atoms with Gasteiger partial charge >= 0.3 is 0 Å².